The number of hydrogen-bond donors (Lipinski definition) is 0. The van der Waals surface area contributed by atoms with E-state index in [1.165, 1.54) is 7.11 Å². The summed E-state index contributed by atoms with van der Waals surface area (Å²) in [5.74, 6) is 0.0769. The molecule has 1 amide bonds. The average Bonchev–Trinajstić information content (AvgIpc) is 3.10. The standard InChI is InChI=1S/C19H27NO5/c1-4-24-10-5-9-20(13-14(2)19(22)23-3)18(21)16-6-7-17-15(12-16)8-11-25-17/h6-7,12,14H,4-5,8-11,13H2,1-3H3. The fourth-order valence-corrected chi connectivity index (χ4v) is 2.89. The van der Waals surface area contributed by atoms with Crippen LogP contribution in [-0.4, -0.2) is 56.8 Å². The first kappa shape index (κ1) is 19.2. The summed E-state index contributed by atoms with van der Waals surface area (Å²) in [7, 11) is 1.36. The maximum Gasteiger partial charge on any atom is 0.310 e. The quantitative estimate of drug-likeness (QED) is 0.506. The summed E-state index contributed by atoms with van der Waals surface area (Å²) in [4.78, 5) is 26.4. The number of ether oxygens (including phenoxy) is 3. The monoisotopic (exact) mass is 349 g/mol. The van der Waals surface area contributed by atoms with Gasteiger partial charge >= 0.3 is 5.97 Å². The Morgan fingerprint density at radius 2 is 2.16 bits per heavy atom. The lowest BCUT2D eigenvalue weighted by molar-refractivity contribution is -0.145. The van der Waals surface area contributed by atoms with Gasteiger partial charge in [-0.2, -0.15) is 0 Å². The van der Waals surface area contributed by atoms with Crippen LogP contribution in [0.3, 0.4) is 0 Å². The van der Waals surface area contributed by atoms with E-state index in [1.807, 2.05) is 19.1 Å². The second kappa shape index (κ2) is 9.42. The van der Waals surface area contributed by atoms with E-state index in [-0.39, 0.29) is 17.8 Å². The van der Waals surface area contributed by atoms with Crippen LogP contribution in [0.15, 0.2) is 18.2 Å². The predicted octanol–water partition coefficient (Wildman–Crippen LogP) is 2.30. The van der Waals surface area contributed by atoms with Crippen molar-refractivity contribution in [2.75, 3.05) is 40.0 Å². The van der Waals surface area contributed by atoms with Crippen molar-refractivity contribution >= 4 is 11.9 Å². The lowest BCUT2D eigenvalue weighted by Crippen LogP contribution is -2.38. The Hall–Kier alpha value is -2.08. The molecule has 0 N–H and O–H groups in total. The van der Waals surface area contributed by atoms with E-state index in [9.17, 15) is 9.59 Å². The third kappa shape index (κ3) is 5.19. The van der Waals surface area contributed by atoms with Gasteiger partial charge in [-0.05, 0) is 37.1 Å². The largest absolute Gasteiger partial charge is 0.493 e. The molecule has 0 saturated heterocycles. The lowest BCUT2D eigenvalue weighted by Gasteiger charge is -2.25. The van der Waals surface area contributed by atoms with Crippen molar-refractivity contribution in [3.8, 4) is 5.75 Å². The fraction of sp³-hybridized carbons (Fsp3) is 0.579. The number of methoxy groups -OCH3 is 1. The molecule has 138 valence electrons. The molecule has 0 fully saturated rings. The van der Waals surface area contributed by atoms with Crippen molar-refractivity contribution in [3.05, 3.63) is 29.3 Å². The maximum atomic E-state index is 12.9. The topological polar surface area (TPSA) is 65.1 Å². The van der Waals surface area contributed by atoms with Crippen LogP contribution in [0.25, 0.3) is 0 Å². The van der Waals surface area contributed by atoms with Crippen LogP contribution in [0.2, 0.25) is 0 Å². The summed E-state index contributed by atoms with van der Waals surface area (Å²) in [6.07, 6.45) is 1.54. The van der Waals surface area contributed by atoms with E-state index in [0.717, 1.165) is 24.2 Å². The first-order valence-electron chi connectivity index (χ1n) is 8.77. The molecule has 1 unspecified atom stereocenters. The minimum atomic E-state index is -0.376. The van der Waals surface area contributed by atoms with E-state index in [1.54, 1.807) is 17.9 Å². The van der Waals surface area contributed by atoms with Crippen LogP contribution < -0.4 is 4.74 Å². The molecule has 0 bridgehead atoms. The fourth-order valence-electron chi connectivity index (χ4n) is 2.89. The number of amides is 1. The summed E-state index contributed by atoms with van der Waals surface area (Å²) in [5.41, 5.74) is 1.68. The molecule has 6 nitrogen and oxygen atoms in total. The average molecular weight is 349 g/mol. The Balaban J connectivity index is 2.09. The highest BCUT2D eigenvalue weighted by Crippen LogP contribution is 2.26. The molecule has 0 aromatic heterocycles. The zero-order valence-electron chi connectivity index (χ0n) is 15.2. The highest BCUT2D eigenvalue weighted by atomic mass is 16.5. The van der Waals surface area contributed by atoms with E-state index >= 15 is 0 Å². The van der Waals surface area contributed by atoms with Gasteiger partial charge in [-0.25, -0.2) is 0 Å². The molecule has 0 radical (unpaired) electrons. The number of hydrogen-bond acceptors (Lipinski definition) is 5. The van der Waals surface area contributed by atoms with Crippen molar-refractivity contribution in [2.24, 2.45) is 5.92 Å². The number of rotatable bonds is 9. The van der Waals surface area contributed by atoms with E-state index in [4.69, 9.17) is 14.2 Å². The Morgan fingerprint density at radius 1 is 1.36 bits per heavy atom. The Morgan fingerprint density at radius 3 is 2.88 bits per heavy atom. The summed E-state index contributed by atoms with van der Waals surface area (Å²) in [5, 5.41) is 0. The first-order chi connectivity index (χ1) is 12.1. The van der Waals surface area contributed by atoms with Gasteiger partial charge in [0.05, 0.1) is 19.6 Å². The van der Waals surface area contributed by atoms with Gasteiger partial charge in [0.1, 0.15) is 5.75 Å². The lowest BCUT2D eigenvalue weighted by atomic mass is 10.1. The smallest absolute Gasteiger partial charge is 0.310 e. The van der Waals surface area contributed by atoms with E-state index in [0.29, 0.717) is 38.5 Å². The van der Waals surface area contributed by atoms with Crippen LogP contribution in [0.5, 0.6) is 5.75 Å². The van der Waals surface area contributed by atoms with Crippen molar-refractivity contribution in [3.63, 3.8) is 0 Å². The molecule has 1 aromatic rings. The van der Waals surface area contributed by atoms with Crippen molar-refractivity contribution in [1.29, 1.82) is 0 Å². The van der Waals surface area contributed by atoms with Gasteiger partial charge in [0.2, 0.25) is 0 Å². The van der Waals surface area contributed by atoms with Gasteiger partial charge in [0.25, 0.3) is 5.91 Å². The number of carbonyl (C=O) groups is 2. The molecule has 1 aliphatic rings. The SMILES string of the molecule is CCOCCCN(CC(C)C(=O)OC)C(=O)c1ccc2c(c1)CCO2. The maximum absolute atomic E-state index is 12.9. The van der Waals surface area contributed by atoms with Gasteiger partial charge in [-0.1, -0.05) is 6.92 Å². The van der Waals surface area contributed by atoms with E-state index < -0.39 is 0 Å². The Bertz CT molecular complexity index is 601. The minimum Gasteiger partial charge on any atom is -0.493 e. The van der Waals surface area contributed by atoms with Gasteiger partial charge in [0, 0.05) is 38.3 Å². The van der Waals surface area contributed by atoms with Gasteiger partial charge in [-0.3, -0.25) is 9.59 Å². The van der Waals surface area contributed by atoms with Crippen LogP contribution in [0, 0.1) is 5.92 Å². The third-order valence-electron chi connectivity index (χ3n) is 4.24. The highest BCUT2D eigenvalue weighted by molar-refractivity contribution is 5.95. The summed E-state index contributed by atoms with van der Waals surface area (Å²) in [6, 6.07) is 5.52. The van der Waals surface area contributed by atoms with Crippen molar-refractivity contribution < 1.29 is 23.8 Å². The number of carbonyl (C=O) groups excluding carboxylic acids is 2. The molecule has 1 atom stereocenters. The Kier molecular flexibility index (Phi) is 7.25. The van der Waals surface area contributed by atoms with Crippen LogP contribution >= 0.6 is 0 Å². The highest BCUT2D eigenvalue weighted by Gasteiger charge is 2.23. The predicted molar refractivity (Wildman–Crippen MR) is 93.8 cm³/mol. The second-order valence-electron chi connectivity index (χ2n) is 6.15. The third-order valence-corrected chi connectivity index (χ3v) is 4.24. The zero-order valence-corrected chi connectivity index (χ0v) is 15.2. The molecule has 0 saturated carbocycles. The number of benzene rings is 1. The molecule has 1 aromatic carbocycles. The molecular weight excluding hydrogens is 322 g/mol. The Labute approximate surface area is 149 Å². The van der Waals surface area contributed by atoms with Crippen LogP contribution in [0.1, 0.15) is 36.2 Å². The summed E-state index contributed by atoms with van der Waals surface area (Å²) >= 11 is 0. The number of nitrogens with zero attached hydrogens (tertiary/aromatic N) is 1. The summed E-state index contributed by atoms with van der Waals surface area (Å²) in [6.45, 7) is 6.46. The molecule has 1 heterocycles. The van der Waals surface area contributed by atoms with Gasteiger partial charge in [0.15, 0.2) is 0 Å². The van der Waals surface area contributed by atoms with Gasteiger partial charge in [-0.15, -0.1) is 0 Å². The first-order valence-corrected chi connectivity index (χ1v) is 8.77. The van der Waals surface area contributed by atoms with Crippen molar-refractivity contribution in [1.82, 2.24) is 4.90 Å². The molecular formula is C19H27NO5. The molecule has 6 heteroatoms. The second-order valence-corrected chi connectivity index (χ2v) is 6.15. The molecule has 1 aliphatic heterocycles. The van der Waals surface area contributed by atoms with Crippen molar-refractivity contribution in [2.45, 2.75) is 26.7 Å². The molecule has 25 heavy (non-hydrogen) atoms. The zero-order chi connectivity index (χ0) is 18.2. The molecule has 2 rings (SSSR count). The number of esters is 1. The summed E-state index contributed by atoms with van der Waals surface area (Å²) < 4.78 is 15.6. The molecule has 0 aliphatic carbocycles. The normalized spacial score (nSPS) is 13.7. The van der Waals surface area contributed by atoms with Crippen LogP contribution in [0.4, 0.5) is 0 Å². The van der Waals surface area contributed by atoms with E-state index in [2.05, 4.69) is 0 Å². The van der Waals surface area contributed by atoms with Gasteiger partial charge < -0.3 is 19.1 Å². The minimum absolute atomic E-state index is 0.0815. The van der Waals surface area contributed by atoms with Crippen LogP contribution in [-0.2, 0) is 20.7 Å². The number of fused-ring (bicyclic) bond motifs is 1. The molecule has 0 spiro atoms.